The van der Waals surface area contributed by atoms with Crippen molar-refractivity contribution in [2.24, 2.45) is 28.0 Å². The number of Topliss-reactive ketones (excluding diaryl/α,β-unsaturated/α-hetero) is 1. The number of benzene rings is 2. The lowest BCUT2D eigenvalue weighted by Crippen LogP contribution is -2.64. The highest BCUT2D eigenvalue weighted by Gasteiger charge is 2.46. The van der Waals surface area contributed by atoms with E-state index in [2.05, 4.69) is 31.1 Å². The van der Waals surface area contributed by atoms with Gasteiger partial charge in [-0.3, -0.25) is 47.9 Å². The molecule has 2 aromatic carbocycles. The first-order valence-electron chi connectivity index (χ1n) is 26.5. The number of piperazine rings is 1. The van der Waals surface area contributed by atoms with Crippen LogP contribution < -0.4 is 21.7 Å². The molecule has 422 valence electrons. The first kappa shape index (κ1) is 57.9. The molecule has 4 aliphatic rings. The van der Waals surface area contributed by atoms with E-state index in [0.29, 0.717) is 34.4 Å². The number of hydrogen-bond donors (Lipinski definition) is 4. The molecule has 3 aromatic heterocycles. The molecule has 0 spiro atoms. The molecule has 3 saturated heterocycles. The van der Waals surface area contributed by atoms with Crippen LogP contribution in [0.4, 0.5) is 0 Å². The third kappa shape index (κ3) is 12.1. The molecule has 0 unspecified atom stereocenters. The zero-order valence-electron chi connectivity index (χ0n) is 45.8. The Bertz CT molecular complexity index is 3300. The van der Waals surface area contributed by atoms with Gasteiger partial charge in [-0.1, -0.05) is 75.7 Å². The van der Waals surface area contributed by atoms with Crippen molar-refractivity contribution < 1.29 is 38.4 Å². The van der Waals surface area contributed by atoms with Gasteiger partial charge in [-0.2, -0.15) is 11.8 Å². The van der Waals surface area contributed by atoms with Crippen molar-refractivity contribution in [2.45, 2.75) is 105 Å². The Balaban J connectivity index is 1.03. The number of aliphatic imine (C=N–C) groups is 1. The van der Waals surface area contributed by atoms with Crippen LogP contribution in [0.25, 0.3) is 15.4 Å². The van der Waals surface area contributed by atoms with E-state index in [-0.39, 0.29) is 68.1 Å². The second kappa shape index (κ2) is 23.7. The number of nitrogens with one attached hydrogen (secondary N) is 3. The van der Waals surface area contributed by atoms with E-state index < -0.39 is 83.5 Å². The van der Waals surface area contributed by atoms with Crippen LogP contribution in [0.1, 0.15) is 104 Å². The van der Waals surface area contributed by atoms with E-state index in [1.54, 1.807) is 41.1 Å². The van der Waals surface area contributed by atoms with E-state index in [1.165, 1.54) is 26.0 Å². The number of amides is 7. The maximum absolute atomic E-state index is 14.8. The lowest BCUT2D eigenvalue weighted by molar-refractivity contribution is -0.149. The van der Waals surface area contributed by atoms with Gasteiger partial charge in [0.1, 0.15) is 46.8 Å². The van der Waals surface area contributed by atoms with Crippen molar-refractivity contribution in [1.82, 2.24) is 50.4 Å². The number of nitrogens with zero attached hydrogens (tertiary/aromatic N) is 8. The Hall–Kier alpha value is -6.82. The van der Waals surface area contributed by atoms with Crippen LogP contribution >= 0.6 is 46.0 Å². The van der Waals surface area contributed by atoms with Gasteiger partial charge in [0.25, 0.3) is 0 Å². The molecule has 0 aliphatic carbocycles. The zero-order valence-corrected chi connectivity index (χ0v) is 49.0. The Labute approximate surface area is 481 Å². The highest BCUT2D eigenvalue weighted by atomic mass is 35.5. The summed E-state index contributed by atoms with van der Waals surface area (Å²) >= 11 is 10.4. The van der Waals surface area contributed by atoms with Crippen molar-refractivity contribution in [3.05, 3.63) is 104 Å². The summed E-state index contributed by atoms with van der Waals surface area (Å²) in [6.45, 7) is 14.4. The summed E-state index contributed by atoms with van der Waals surface area (Å²) in [5, 5.41) is 18.7. The van der Waals surface area contributed by atoms with Crippen LogP contribution in [-0.2, 0) is 38.4 Å². The largest absolute Gasteiger partial charge is 0.368 e. The number of ketones is 1. The Morgan fingerprint density at radius 3 is 2.23 bits per heavy atom. The molecule has 5 N–H and O–H groups in total. The van der Waals surface area contributed by atoms with Crippen molar-refractivity contribution in [3.63, 3.8) is 0 Å². The fourth-order valence-corrected chi connectivity index (χ4v) is 13.9. The molecule has 7 amide bonds. The number of thiazole rings is 1. The van der Waals surface area contributed by atoms with Gasteiger partial charge in [0.15, 0.2) is 5.82 Å². The standard InChI is InChI=1S/C56H65ClN12O8S3/c1-28-19-41-51(74)63-47(34-9-11-35(12-10-34)48-30(3)60-27-79-48)53(76)59-22-44(72)67-18-17-66(24-42(67)52(75)62-40(49(58)73)26-78-25-37(70)20-38(56(6,7)8)54(77)68(41)23-28)43(71)21-39-50-65-64-32(5)69(50)55-45(29(2)31(4)80-55)46(61-39)33-13-15-36(57)16-14-33/h9-16,27-28,38-42,47H,17-26H2,1-8H3,(H2,58,73)(H,59,76)(H,62,75)(H,63,74)/t28-,38-,39+,40-,41+,42-,47-/m1/s1. The number of nitrogens with two attached hydrogens (primary N) is 1. The Kier molecular flexibility index (Phi) is 17.2. The normalized spacial score (nSPS) is 23.8. The highest BCUT2D eigenvalue weighted by molar-refractivity contribution is 8.00. The van der Waals surface area contributed by atoms with Gasteiger partial charge in [-0.05, 0) is 74.3 Å². The molecule has 4 aliphatic heterocycles. The fourth-order valence-electron chi connectivity index (χ4n) is 10.8. The summed E-state index contributed by atoms with van der Waals surface area (Å²) in [4.78, 5) is 131. The van der Waals surface area contributed by atoms with E-state index >= 15 is 0 Å². The van der Waals surface area contributed by atoms with Gasteiger partial charge >= 0.3 is 0 Å². The third-order valence-corrected chi connectivity index (χ3v) is 18.9. The number of hydrogen-bond acceptors (Lipinski definition) is 15. The topological polar surface area (TPSA) is 264 Å². The molecule has 7 heterocycles. The third-order valence-electron chi connectivity index (χ3n) is 15.4. The number of halogens is 1. The predicted molar refractivity (Wildman–Crippen MR) is 306 cm³/mol. The average molecular weight is 1170 g/mol. The number of thioether (sulfide) groups is 1. The minimum absolute atomic E-state index is 0.0216. The van der Waals surface area contributed by atoms with Crippen molar-refractivity contribution in [3.8, 4) is 15.4 Å². The highest BCUT2D eigenvalue weighted by Crippen LogP contribution is 2.41. The fraction of sp³-hybridized carbons (Fsp3) is 0.464. The first-order chi connectivity index (χ1) is 38.0. The number of rotatable bonds is 6. The molecular weight excluding hydrogens is 1100 g/mol. The van der Waals surface area contributed by atoms with Crippen LogP contribution in [0.3, 0.4) is 0 Å². The Morgan fingerprint density at radius 1 is 0.850 bits per heavy atom. The van der Waals surface area contributed by atoms with E-state index in [1.807, 2.05) is 84.2 Å². The molecule has 7 atom stereocenters. The van der Waals surface area contributed by atoms with Gasteiger partial charge in [0.05, 0.1) is 47.1 Å². The van der Waals surface area contributed by atoms with E-state index in [9.17, 15) is 38.4 Å². The van der Waals surface area contributed by atoms with Gasteiger partial charge < -0.3 is 36.4 Å². The van der Waals surface area contributed by atoms with Crippen LogP contribution in [0, 0.1) is 44.9 Å². The quantitative estimate of drug-likeness (QED) is 0.171. The van der Waals surface area contributed by atoms with Gasteiger partial charge in [-0.15, -0.1) is 32.9 Å². The summed E-state index contributed by atoms with van der Waals surface area (Å²) in [5.41, 5.74) is 12.3. The molecule has 9 rings (SSSR count). The molecule has 0 bridgehead atoms. The first-order valence-corrected chi connectivity index (χ1v) is 29.7. The number of aryl methyl sites for hydroxylation is 3. The van der Waals surface area contributed by atoms with Crippen LogP contribution in [0.5, 0.6) is 0 Å². The maximum atomic E-state index is 14.8. The minimum atomic E-state index is -1.39. The van der Waals surface area contributed by atoms with Crippen molar-refractivity contribution in [1.29, 1.82) is 0 Å². The minimum Gasteiger partial charge on any atom is -0.368 e. The lowest BCUT2D eigenvalue weighted by Gasteiger charge is -2.41. The lowest BCUT2D eigenvalue weighted by atomic mass is 9.77. The van der Waals surface area contributed by atoms with Gasteiger partial charge in [-0.25, -0.2) is 4.98 Å². The second-order valence-electron chi connectivity index (χ2n) is 22.1. The number of aromatic nitrogens is 4. The number of thiophene rings is 1. The average Bonchev–Trinajstić information content (AvgIpc) is 4.19. The van der Waals surface area contributed by atoms with E-state index in [0.717, 1.165) is 54.5 Å². The SMILES string of the molecule is Cc1ncsc1-c1ccc([C@H]2NC(=O)[C@@H]3C[C@@H](C)CN3C(=O)[C@H](C(C)(C)C)CC(=O)CSC[C@H](C(N)=O)NC(=O)[C@H]3CN(C(=O)C[C@@H]4N=C(c5ccc(Cl)cc5)c5c(sc(C)c5C)-n5c(C)nnc54)CCN3C(=O)CNC2=O)cc1. The van der Waals surface area contributed by atoms with Crippen LogP contribution in [0.15, 0.2) is 59.0 Å². The monoisotopic (exact) mass is 1160 g/mol. The predicted octanol–water partition coefficient (Wildman–Crippen LogP) is 5.21. The Morgan fingerprint density at radius 2 is 1.55 bits per heavy atom. The van der Waals surface area contributed by atoms with Crippen LogP contribution in [0.2, 0.25) is 5.02 Å². The molecule has 0 radical (unpaired) electrons. The molecule has 24 heteroatoms. The summed E-state index contributed by atoms with van der Waals surface area (Å²) < 4.78 is 1.93. The molecule has 3 fully saturated rings. The zero-order chi connectivity index (χ0) is 57.5. The number of carbonyl (C=O) groups excluding carboxylic acids is 8. The molecule has 0 saturated carbocycles. The molecule has 20 nitrogen and oxygen atoms in total. The molecule has 5 aromatic rings. The maximum Gasteiger partial charge on any atom is 0.247 e. The number of carbonyl (C=O) groups is 8. The number of primary amides is 1. The van der Waals surface area contributed by atoms with Crippen molar-refractivity contribution >= 4 is 98.9 Å². The summed E-state index contributed by atoms with van der Waals surface area (Å²) in [7, 11) is 0. The van der Waals surface area contributed by atoms with Crippen LogP contribution in [-0.4, -0.2) is 150 Å². The molecule has 80 heavy (non-hydrogen) atoms. The summed E-state index contributed by atoms with van der Waals surface area (Å²) in [5.74, 6) is -4.94. The van der Waals surface area contributed by atoms with Gasteiger partial charge in [0.2, 0.25) is 41.4 Å². The number of fused-ring (bicyclic) bond motifs is 5. The van der Waals surface area contributed by atoms with E-state index in [4.69, 9.17) is 22.3 Å². The summed E-state index contributed by atoms with van der Waals surface area (Å²) in [6.07, 6.45) is -0.0658. The van der Waals surface area contributed by atoms with Gasteiger partial charge in [0, 0.05) is 58.8 Å². The van der Waals surface area contributed by atoms with Crippen molar-refractivity contribution in [2.75, 3.05) is 44.2 Å². The smallest absolute Gasteiger partial charge is 0.247 e. The second-order valence-corrected chi connectivity index (χ2v) is 25.6. The molecular formula is C56H65ClN12O8S3. The summed E-state index contributed by atoms with van der Waals surface area (Å²) in [6, 6.07) is 8.45.